The topological polar surface area (TPSA) is 84.0 Å². The van der Waals surface area contributed by atoms with Crippen molar-refractivity contribution in [3.8, 4) is 0 Å². The number of carbonyl (C=O) groups is 2. The number of halogens is 1. The summed E-state index contributed by atoms with van der Waals surface area (Å²) in [4.78, 5) is 33.3. The summed E-state index contributed by atoms with van der Waals surface area (Å²) in [5, 5.41) is 6.94. The van der Waals surface area contributed by atoms with Gasteiger partial charge in [-0.3, -0.25) is 14.6 Å². The SMILES string of the molecule is O=C(N[C@]12CCC[C@](NC(=O)c3cnccn3)(CC1)C2)c1cccc(Cl)c1. The molecule has 1 heterocycles. The monoisotopic (exact) mass is 384 g/mol. The van der Waals surface area contributed by atoms with E-state index in [-0.39, 0.29) is 22.9 Å². The van der Waals surface area contributed by atoms with Crippen LogP contribution in [0.1, 0.15) is 59.4 Å². The lowest BCUT2D eigenvalue weighted by Gasteiger charge is -2.40. The smallest absolute Gasteiger partial charge is 0.271 e. The number of fused-ring (bicyclic) bond motifs is 2. The van der Waals surface area contributed by atoms with Crippen molar-refractivity contribution >= 4 is 23.4 Å². The molecule has 2 aromatic rings. The van der Waals surface area contributed by atoms with Crippen molar-refractivity contribution in [1.29, 1.82) is 0 Å². The average Bonchev–Trinajstić information content (AvgIpc) is 2.92. The number of hydrogen-bond donors (Lipinski definition) is 2. The number of nitrogens with one attached hydrogen (secondary N) is 2. The molecule has 1 aromatic heterocycles. The number of aromatic nitrogens is 2. The van der Waals surface area contributed by atoms with Crippen molar-refractivity contribution in [1.82, 2.24) is 20.6 Å². The van der Waals surface area contributed by atoms with E-state index in [1.54, 1.807) is 30.5 Å². The highest BCUT2D eigenvalue weighted by atomic mass is 35.5. The van der Waals surface area contributed by atoms with E-state index in [1.807, 2.05) is 0 Å². The van der Waals surface area contributed by atoms with Crippen LogP contribution in [0.5, 0.6) is 0 Å². The Bertz CT molecular complexity index is 875. The van der Waals surface area contributed by atoms with Gasteiger partial charge in [0.05, 0.1) is 6.20 Å². The lowest BCUT2D eigenvalue weighted by Crippen LogP contribution is -2.55. The Hall–Kier alpha value is -2.47. The van der Waals surface area contributed by atoms with Crippen molar-refractivity contribution in [3.05, 3.63) is 59.1 Å². The third-order valence-corrected chi connectivity index (χ3v) is 5.94. The molecule has 2 N–H and O–H groups in total. The zero-order valence-electron chi connectivity index (χ0n) is 14.9. The minimum atomic E-state index is -0.297. The van der Waals surface area contributed by atoms with Crippen molar-refractivity contribution < 1.29 is 9.59 Å². The van der Waals surface area contributed by atoms with Gasteiger partial charge in [-0.05, 0) is 56.7 Å². The summed E-state index contributed by atoms with van der Waals surface area (Å²) in [6.45, 7) is 0. The maximum absolute atomic E-state index is 12.7. The van der Waals surface area contributed by atoms with Crippen LogP contribution in [0.3, 0.4) is 0 Å². The second kappa shape index (κ2) is 6.93. The predicted octanol–water partition coefficient (Wildman–Crippen LogP) is 3.14. The molecular weight excluding hydrogens is 364 g/mol. The first-order valence-electron chi connectivity index (χ1n) is 9.16. The minimum absolute atomic E-state index is 0.115. The summed E-state index contributed by atoms with van der Waals surface area (Å²) >= 11 is 6.01. The van der Waals surface area contributed by atoms with Crippen molar-refractivity contribution in [2.75, 3.05) is 0 Å². The molecule has 0 unspecified atom stereocenters. The Morgan fingerprint density at radius 1 is 1.00 bits per heavy atom. The van der Waals surface area contributed by atoms with Gasteiger partial charge in [0.1, 0.15) is 5.69 Å². The van der Waals surface area contributed by atoms with Gasteiger partial charge in [0.15, 0.2) is 0 Å². The third-order valence-electron chi connectivity index (χ3n) is 5.71. The van der Waals surface area contributed by atoms with Crippen molar-refractivity contribution in [2.24, 2.45) is 0 Å². The number of carbonyl (C=O) groups excluding carboxylic acids is 2. The highest BCUT2D eigenvalue weighted by molar-refractivity contribution is 6.30. The molecule has 6 nitrogen and oxygen atoms in total. The van der Waals surface area contributed by atoms with Crippen LogP contribution in [0.4, 0.5) is 0 Å². The first-order valence-corrected chi connectivity index (χ1v) is 9.54. The quantitative estimate of drug-likeness (QED) is 0.848. The molecule has 2 fully saturated rings. The fourth-order valence-corrected chi connectivity index (χ4v) is 4.69. The molecule has 0 saturated heterocycles. The van der Waals surface area contributed by atoms with Crippen LogP contribution in [0, 0.1) is 0 Å². The van der Waals surface area contributed by atoms with Crippen LogP contribution in [-0.2, 0) is 0 Å². The molecule has 2 atom stereocenters. The Kier molecular flexibility index (Phi) is 4.60. The minimum Gasteiger partial charge on any atom is -0.347 e. The summed E-state index contributed by atoms with van der Waals surface area (Å²) in [5.41, 5.74) is 0.295. The first kappa shape index (κ1) is 17.9. The molecule has 2 amide bonds. The van der Waals surface area contributed by atoms with Gasteiger partial charge in [0.25, 0.3) is 11.8 Å². The van der Waals surface area contributed by atoms with Gasteiger partial charge in [-0.25, -0.2) is 4.98 Å². The summed E-state index contributed by atoms with van der Waals surface area (Å²) in [6, 6.07) is 6.96. The van der Waals surface area contributed by atoms with E-state index >= 15 is 0 Å². The van der Waals surface area contributed by atoms with Crippen molar-refractivity contribution in [2.45, 2.75) is 49.6 Å². The van der Waals surface area contributed by atoms with E-state index in [4.69, 9.17) is 11.6 Å². The summed E-state index contributed by atoms with van der Waals surface area (Å²) < 4.78 is 0. The molecule has 0 spiro atoms. The molecule has 2 aliphatic carbocycles. The largest absolute Gasteiger partial charge is 0.347 e. The molecule has 0 radical (unpaired) electrons. The Labute approximate surface area is 162 Å². The molecule has 2 saturated carbocycles. The molecule has 27 heavy (non-hydrogen) atoms. The standard InChI is InChI=1S/C20H21ClN4O2/c21-15-4-1-3-14(11-15)17(26)24-19-5-2-6-20(13-19,8-7-19)25-18(27)16-12-22-9-10-23-16/h1,3-4,9-12H,2,5-8,13H2,(H,24,26)(H,25,27)/t19-,20+/m1/s1. The van der Waals surface area contributed by atoms with E-state index in [0.29, 0.717) is 16.3 Å². The number of hydrogen-bond acceptors (Lipinski definition) is 4. The highest BCUT2D eigenvalue weighted by Crippen LogP contribution is 2.48. The van der Waals surface area contributed by atoms with Crippen LogP contribution < -0.4 is 10.6 Å². The molecular formula is C20H21ClN4O2. The fourth-order valence-electron chi connectivity index (χ4n) is 4.50. The Balaban J connectivity index is 1.48. The van der Waals surface area contributed by atoms with Crippen LogP contribution in [0.2, 0.25) is 5.02 Å². The van der Waals surface area contributed by atoms with Crippen LogP contribution in [0.25, 0.3) is 0 Å². The van der Waals surface area contributed by atoms with Crippen LogP contribution in [0.15, 0.2) is 42.9 Å². The summed E-state index contributed by atoms with van der Waals surface area (Å²) in [6.07, 6.45) is 9.73. The second-order valence-corrected chi connectivity index (χ2v) is 8.04. The summed E-state index contributed by atoms with van der Waals surface area (Å²) in [7, 11) is 0. The second-order valence-electron chi connectivity index (χ2n) is 7.60. The van der Waals surface area contributed by atoms with Gasteiger partial charge in [-0.15, -0.1) is 0 Å². The molecule has 7 heteroatoms. The first-order chi connectivity index (χ1) is 13.0. The van der Waals surface area contributed by atoms with Crippen LogP contribution >= 0.6 is 11.6 Å². The van der Waals surface area contributed by atoms with Crippen molar-refractivity contribution in [3.63, 3.8) is 0 Å². The predicted molar refractivity (Wildman–Crippen MR) is 102 cm³/mol. The zero-order valence-corrected chi connectivity index (χ0v) is 15.6. The van der Waals surface area contributed by atoms with Crippen LogP contribution in [-0.4, -0.2) is 32.9 Å². The fraction of sp³-hybridized carbons (Fsp3) is 0.400. The molecule has 2 bridgehead atoms. The summed E-state index contributed by atoms with van der Waals surface area (Å²) in [5.74, 6) is -0.322. The zero-order chi connectivity index (χ0) is 18.9. The maximum atomic E-state index is 12.7. The van der Waals surface area contributed by atoms with E-state index in [9.17, 15) is 9.59 Å². The lowest BCUT2D eigenvalue weighted by molar-refractivity contribution is 0.0829. The van der Waals surface area contributed by atoms with E-state index in [1.165, 1.54) is 12.4 Å². The number of rotatable bonds is 4. The number of amides is 2. The van der Waals surface area contributed by atoms with Gasteiger partial charge < -0.3 is 10.6 Å². The number of benzene rings is 1. The van der Waals surface area contributed by atoms with Gasteiger partial charge >= 0.3 is 0 Å². The lowest BCUT2D eigenvalue weighted by atomic mass is 9.78. The highest BCUT2D eigenvalue weighted by Gasteiger charge is 2.52. The third kappa shape index (κ3) is 3.67. The average molecular weight is 385 g/mol. The molecule has 4 rings (SSSR count). The van der Waals surface area contributed by atoms with Gasteiger partial charge in [0.2, 0.25) is 0 Å². The van der Waals surface area contributed by atoms with Gasteiger partial charge in [-0.1, -0.05) is 17.7 Å². The number of nitrogens with zero attached hydrogens (tertiary/aromatic N) is 2. The molecule has 140 valence electrons. The van der Waals surface area contributed by atoms with Gasteiger partial charge in [0, 0.05) is 34.1 Å². The van der Waals surface area contributed by atoms with Gasteiger partial charge in [-0.2, -0.15) is 0 Å². The Morgan fingerprint density at radius 3 is 2.41 bits per heavy atom. The van der Waals surface area contributed by atoms with E-state index < -0.39 is 0 Å². The molecule has 1 aromatic carbocycles. The Morgan fingerprint density at radius 2 is 1.74 bits per heavy atom. The normalized spacial score (nSPS) is 26.4. The molecule has 2 aliphatic rings. The van der Waals surface area contributed by atoms with E-state index in [0.717, 1.165) is 38.5 Å². The maximum Gasteiger partial charge on any atom is 0.271 e. The van der Waals surface area contributed by atoms with E-state index in [2.05, 4.69) is 20.6 Å². The molecule has 0 aliphatic heterocycles.